The highest BCUT2D eigenvalue weighted by atomic mass is 127. The maximum atomic E-state index is 13.4. The number of hydrogen-bond acceptors (Lipinski definition) is 6. The zero-order chi connectivity index (χ0) is 27.8. The van der Waals surface area contributed by atoms with Gasteiger partial charge < -0.3 is 19.4 Å². The highest BCUT2D eigenvalue weighted by Gasteiger charge is 2.40. The number of aromatic nitrogens is 2. The van der Waals surface area contributed by atoms with Gasteiger partial charge >= 0.3 is 11.9 Å². The average Bonchev–Trinajstić information content (AvgIpc) is 3.38. The molecule has 39 heavy (non-hydrogen) atoms. The van der Waals surface area contributed by atoms with Gasteiger partial charge in [0.25, 0.3) is 5.91 Å². The van der Waals surface area contributed by atoms with E-state index in [1.165, 1.54) is 14.2 Å². The van der Waals surface area contributed by atoms with Crippen LogP contribution in [0.15, 0.2) is 97.2 Å². The number of halogens is 1. The molecule has 200 valence electrons. The molecule has 0 unspecified atom stereocenters. The number of benzene rings is 3. The molecule has 0 spiro atoms. The number of nitrogens with one attached hydrogen (secondary N) is 1. The number of rotatable bonds is 10. The Balaban J connectivity index is 1.83. The first-order chi connectivity index (χ1) is 18.9. The summed E-state index contributed by atoms with van der Waals surface area (Å²) in [5.74, 6) is -1.71. The van der Waals surface area contributed by atoms with E-state index in [9.17, 15) is 14.4 Å². The predicted octanol–water partition coefficient (Wildman–Crippen LogP) is 4.55. The lowest BCUT2D eigenvalue weighted by Gasteiger charge is -2.38. The monoisotopic (exact) mass is 637 g/mol. The van der Waals surface area contributed by atoms with Crippen molar-refractivity contribution in [3.63, 3.8) is 0 Å². The Morgan fingerprint density at radius 1 is 0.846 bits per heavy atom. The van der Waals surface area contributed by atoms with Crippen LogP contribution in [-0.4, -0.2) is 47.7 Å². The Hall–Kier alpha value is -3.99. The van der Waals surface area contributed by atoms with Crippen molar-refractivity contribution in [2.24, 2.45) is 0 Å². The molecule has 0 fully saturated rings. The molecule has 3 aromatic carbocycles. The van der Waals surface area contributed by atoms with Crippen LogP contribution in [0.5, 0.6) is 0 Å². The van der Waals surface area contributed by atoms with Gasteiger partial charge in [0.05, 0.1) is 14.2 Å². The zero-order valence-electron chi connectivity index (χ0n) is 21.5. The molecule has 0 aliphatic rings. The number of nitrogens with zero attached hydrogens (tertiary/aromatic N) is 2. The van der Waals surface area contributed by atoms with Crippen molar-refractivity contribution >= 4 is 40.4 Å². The molecule has 0 saturated heterocycles. The standard InChI is InChI=1S/C30H28IN3O5/c1-38-26(35)19-18-24(28(37)39-2)32-27(36)25-20-34(29(31)33-25)30(21-12-6-3-7-13-21,22-14-8-4-9-15-22)23-16-10-5-11-17-23/h3-17,20,24H,18-19H2,1-2H3,(H,32,36)/t24-/m1/s1. The van der Waals surface area contributed by atoms with E-state index in [2.05, 4.69) is 74.0 Å². The van der Waals surface area contributed by atoms with E-state index < -0.39 is 29.4 Å². The van der Waals surface area contributed by atoms with E-state index in [4.69, 9.17) is 4.74 Å². The van der Waals surface area contributed by atoms with Crippen molar-refractivity contribution in [1.29, 1.82) is 0 Å². The Morgan fingerprint density at radius 3 is 1.77 bits per heavy atom. The molecule has 4 rings (SSSR count). The maximum absolute atomic E-state index is 13.4. The van der Waals surface area contributed by atoms with Crippen LogP contribution in [0, 0.1) is 3.83 Å². The molecule has 0 saturated carbocycles. The summed E-state index contributed by atoms with van der Waals surface area (Å²) in [6.45, 7) is 0. The molecule has 1 aromatic heterocycles. The molecular formula is C30H28IN3O5. The van der Waals surface area contributed by atoms with Crippen LogP contribution in [0.1, 0.15) is 40.0 Å². The van der Waals surface area contributed by atoms with Gasteiger partial charge in [-0.05, 0) is 23.1 Å². The first kappa shape index (κ1) is 28.0. The number of ether oxygens (including phenoxy) is 2. The summed E-state index contributed by atoms with van der Waals surface area (Å²) in [7, 11) is 2.49. The van der Waals surface area contributed by atoms with Crippen LogP contribution in [0.25, 0.3) is 0 Å². The normalized spacial score (nSPS) is 11.9. The summed E-state index contributed by atoms with van der Waals surface area (Å²) in [6.07, 6.45) is 1.67. The van der Waals surface area contributed by atoms with Crippen LogP contribution >= 0.6 is 22.6 Å². The molecule has 1 amide bonds. The fourth-order valence-electron chi connectivity index (χ4n) is 4.65. The minimum absolute atomic E-state index is 0.0326. The molecule has 8 nitrogen and oxygen atoms in total. The summed E-state index contributed by atoms with van der Waals surface area (Å²) >= 11 is 2.12. The summed E-state index contributed by atoms with van der Waals surface area (Å²) in [6, 6.07) is 29.0. The van der Waals surface area contributed by atoms with Crippen LogP contribution < -0.4 is 5.32 Å². The predicted molar refractivity (Wildman–Crippen MR) is 154 cm³/mol. The molecule has 0 bridgehead atoms. The first-order valence-electron chi connectivity index (χ1n) is 12.3. The van der Waals surface area contributed by atoms with Crippen LogP contribution in [0.3, 0.4) is 0 Å². The topological polar surface area (TPSA) is 99.5 Å². The molecule has 1 N–H and O–H groups in total. The fourth-order valence-corrected chi connectivity index (χ4v) is 5.41. The van der Waals surface area contributed by atoms with Crippen molar-refractivity contribution in [2.45, 2.75) is 24.4 Å². The Kier molecular flexibility index (Phi) is 9.13. The van der Waals surface area contributed by atoms with Gasteiger partial charge in [-0.2, -0.15) is 0 Å². The van der Waals surface area contributed by atoms with E-state index in [1.54, 1.807) is 6.20 Å². The molecule has 9 heteroatoms. The molecule has 0 aliphatic carbocycles. The lowest BCUT2D eigenvalue weighted by atomic mass is 9.77. The third-order valence-corrected chi connectivity index (χ3v) is 7.25. The van der Waals surface area contributed by atoms with E-state index in [0.717, 1.165) is 16.7 Å². The van der Waals surface area contributed by atoms with Crippen LogP contribution in [-0.2, 0) is 24.6 Å². The number of methoxy groups -OCH3 is 2. The second-order valence-electron chi connectivity index (χ2n) is 8.74. The molecule has 0 aliphatic heterocycles. The molecule has 4 aromatic rings. The summed E-state index contributed by atoms with van der Waals surface area (Å²) in [4.78, 5) is 42.0. The Morgan fingerprint density at radius 2 is 1.33 bits per heavy atom. The summed E-state index contributed by atoms with van der Waals surface area (Å²) in [5.41, 5.74) is 2.22. The van der Waals surface area contributed by atoms with Gasteiger partial charge in [-0.3, -0.25) is 9.59 Å². The second-order valence-corrected chi connectivity index (χ2v) is 9.70. The van der Waals surface area contributed by atoms with Gasteiger partial charge in [-0.1, -0.05) is 91.0 Å². The minimum atomic E-state index is -1.04. The maximum Gasteiger partial charge on any atom is 0.328 e. The van der Waals surface area contributed by atoms with E-state index in [-0.39, 0.29) is 18.5 Å². The largest absolute Gasteiger partial charge is 0.469 e. The minimum Gasteiger partial charge on any atom is -0.469 e. The lowest BCUT2D eigenvalue weighted by Crippen LogP contribution is -2.42. The SMILES string of the molecule is COC(=O)CC[C@@H](NC(=O)c1cn(C(c2ccccc2)(c2ccccc2)c2ccccc2)c(I)n1)C(=O)OC. The van der Waals surface area contributed by atoms with Gasteiger partial charge in [0, 0.05) is 35.2 Å². The third kappa shape index (κ3) is 5.88. The fraction of sp³-hybridized carbons (Fsp3) is 0.200. The zero-order valence-corrected chi connectivity index (χ0v) is 23.7. The third-order valence-electron chi connectivity index (χ3n) is 6.49. The highest BCUT2D eigenvalue weighted by Crippen LogP contribution is 2.41. The number of carbonyl (C=O) groups is 3. The molecule has 1 heterocycles. The van der Waals surface area contributed by atoms with Crippen LogP contribution in [0.2, 0.25) is 0 Å². The quantitative estimate of drug-likeness (QED) is 0.156. The van der Waals surface area contributed by atoms with E-state index in [1.807, 2.05) is 59.2 Å². The number of amides is 1. The Bertz CT molecular complexity index is 1330. The summed E-state index contributed by atoms with van der Waals surface area (Å²) in [5, 5.41) is 2.67. The van der Waals surface area contributed by atoms with Crippen molar-refractivity contribution < 1.29 is 23.9 Å². The molecule has 1 atom stereocenters. The van der Waals surface area contributed by atoms with Gasteiger partial charge in [0.1, 0.15) is 17.3 Å². The Labute approximate surface area is 240 Å². The smallest absolute Gasteiger partial charge is 0.328 e. The van der Waals surface area contributed by atoms with Gasteiger partial charge in [0.15, 0.2) is 3.83 Å². The number of imidazole rings is 1. The van der Waals surface area contributed by atoms with Crippen molar-refractivity contribution in [3.8, 4) is 0 Å². The van der Waals surface area contributed by atoms with E-state index in [0.29, 0.717) is 3.83 Å². The van der Waals surface area contributed by atoms with Crippen molar-refractivity contribution in [1.82, 2.24) is 14.9 Å². The highest BCUT2D eigenvalue weighted by molar-refractivity contribution is 14.1. The summed E-state index contributed by atoms with van der Waals surface area (Å²) < 4.78 is 12.0. The van der Waals surface area contributed by atoms with Crippen LogP contribution in [0.4, 0.5) is 0 Å². The molecular weight excluding hydrogens is 609 g/mol. The molecule has 0 radical (unpaired) electrons. The van der Waals surface area contributed by atoms with Gasteiger partial charge in [-0.15, -0.1) is 0 Å². The van der Waals surface area contributed by atoms with Gasteiger partial charge in [-0.25, -0.2) is 9.78 Å². The van der Waals surface area contributed by atoms with Gasteiger partial charge in [0.2, 0.25) is 0 Å². The first-order valence-corrected chi connectivity index (χ1v) is 13.4. The number of carbonyl (C=O) groups excluding carboxylic acids is 3. The van der Waals surface area contributed by atoms with Crippen molar-refractivity contribution in [2.75, 3.05) is 14.2 Å². The van der Waals surface area contributed by atoms with E-state index >= 15 is 0 Å². The number of esters is 2. The average molecular weight is 637 g/mol. The second kappa shape index (κ2) is 12.7. The number of hydrogen-bond donors (Lipinski definition) is 1. The lowest BCUT2D eigenvalue weighted by molar-refractivity contribution is -0.144. The van der Waals surface area contributed by atoms with Crippen molar-refractivity contribution in [3.05, 3.63) is 123 Å².